The number of hydrazone groups is 1. The smallest absolute Gasteiger partial charge is 0.187 e. The number of hydrogen-bond acceptors (Lipinski definition) is 3. The fourth-order valence-corrected chi connectivity index (χ4v) is 1.14. The third-order valence-corrected chi connectivity index (χ3v) is 1.56. The van der Waals surface area contributed by atoms with Gasteiger partial charge in [-0.1, -0.05) is 11.8 Å². The molecule has 0 aliphatic carbocycles. The van der Waals surface area contributed by atoms with Gasteiger partial charge in [0.25, 0.3) is 0 Å². The van der Waals surface area contributed by atoms with Crippen molar-refractivity contribution in [2.24, 2.45) is 10.8 Å². The summed E-state index contributed by atoms with van der Waals surface area (Å²) in [7, 11) is 0. The zero-order chi connectivity index (χ0) is 5.98. The van der Waals surface area contributed by atoms with E-state index in [1.54, 1.807) is 22.3 Å². The highest BCUT2D eigenvalue weighted by Crippen LogP contribution is 2.08. The van der Waals surface area contributed by atoms with Gasteiger partial charge in [0.05, 0.1) is 11.4 Å². The largest absolute Gasteiger partial charge is 0.375 e. The lowest BCUT2D eigenvalue weighted by molar-refractivity contribution is 0.542. The molecule has 0 aromatic rings. The summed E-state index contributed by atoms with van der Waals surface area (Å²) in [4.78, 5) is 0. The molecule has 1 rings (SSSR count). The van der Waals surface area contributed by atoms with Crippen molar-refractivity contribution in [1.82, 2.24) is 5.01 Å². The van der Waals surface area contributed by atoms with E-state index < -0.39 is 0 Å². The summed E-state index contributed by atoms with van der Waals surface area (Å²) < 4.78 is 0. The first kappa shape index (κ1) is 5.84. The Bertz CT molecular complexity index is 132. The predicted octanol–water partition coefficient (Wildman–Crippen LogP) is 0.180. The highest BCUT2D eigenvalue weighted by atomic mass is 32.2. The first-order valence-electron chi connectivity index (χ1n) is 2.02. The number of thioether (sulfide) groups is 1. The van der Waals surface area contributed by atoms with Crippen molar-refractivity contribution in [3.8, 4) is 0 Å². The molecule has 1 aliphatic rings. The molecule has 0 aromatic carbocycles. The van der Waals surface area contributed by atoms with E-state index in [2.05, 4.69) is 17.3 Å². The van der Waals surface area contributed by atoms with Gasteiger partial charge in [0.2, 0.25) is 0 Å². The van der Waals surface area contributed by atoms with Crippen LogP contribution in [0.15, 0.2) is 5.10 Å². The molecule has 0 bridgehead atoms. The van der Waals surface area contributed by atoms with Gasteiger partial charge in [-0.2, -0.15) is 5.10 Å². The molecule has 0 aromatic heterocycles. The van der Waals surface area contributed by atoms with E-state index in [9.17, 15) is 0 Å². The Morgan fingerprint density at radius 2 is 2.75 bits per heavy atom. The van der Waals surface area contributed by atoms with Crippen LogP contribution in [0.2, 0.25) is 0 Å². The van der Waals surface area contributed by atoms with Gasteiger partial charge in [-0.3, -0.25) is 0 Å². The van der Waals surface area contributed by atoms with E-state index in [-0.39, 0.29) is 0 Å². The fraction of sp³-hybridized carbons (Fsp3) is 0.333. The van der Waals surface area contributed by atoms with Crippen LogP contribution in [0.5, 0.6) is 0 Å². The molecule has 1 aliphatic heterocycles. The van der Waals surface area contributed by atoms with E-state index >= 15 is 0 Å². The second-order valence-electron chi connectivity index (χ2n) is 1.25. The van der Waals surface area contributed by atoms with E-state index in [1.807, 2.05) is 0 Å². The van der Waals surface area contributed by atoms with Crippen molar-refractivity contribution in [3.05, 3.63) is 0 Å². The molecule has 0 saturated heterocycles. The van der Waals surface area contributed by atoms with Crippen LogP contribution < -0.4 is 5.73 Å². The summed E-state index contributed by atoms with van der Waals surface area (Å²) in [5.74, 6) is 0.759. The maximum atomic E-state index is 5.23. The second kappa shape index (κ2) is 2.32. The van der Waals surface area contributed by atoms with Gasteiger partial charge >= 0.3 is 0 Å². The Hall–Kier alpha value is -0.290. The summed E-state index contributed by atoms with van der Waals surface area (Å²) in [5, 5.41) is 5.75. The summed E-state index contributed by atoms with van der Waals surface area (Å²) in [6, 6.07) is 0. The fourth-order valence-electron chi connectivity index (χ4n) is 0.348. The molecule has 2 N–H and O–H groups in total. The third kappa shape index (κ3) is 1.10. The minimum Gasteiger partial charge on any atom is -0.375 e. The van der Waals surface area contributed by atoms with Crippen molar-refractivity contribution in [3.63, 3.8) is 0 Å². The van der Waals surface area contributed by atoms with Crippen LogP contribution in [0.25, 0.3) is 0 Å². The van der Waals surface area contributed by atoms with E-state index in [0.717, 1.165) is 5.88 Å². The maximum Gasteiger partial charge on any atom is 0.187 e. The Kier molecular flexibility index (Phi) is 1.69. The summed E-state index contributed by atoms with van der Waals surface area (Å²) in [6.45, 7) is 0. The minimum atomic E-state index is 0.339. The van der Waals surface area contributed by atoms with Crippen molar-refractivity contribution in [2.45, 2.75) is 0 Å². The second-order valence-corrected chi connectivity index (χ2v) is 2.48. The summed E-state index contributed by atoms with van der Waals surface area (Å²) in [6.07, 6.45) is 0. The van der Waals surface area contributed by atoms with E-state index in [1.165, 1.54) is 0 Å². The Labute approximate surface area is 56.9 Å². The van der Waals surface area contributed by atoms with Gasteiger partial charge in [0.15, 0.2) is 5.11 Å². The topological polar surface area (TPSA) is 41.6 Å². The normalized spacial score (nSPS) is 17.2. The molecule has 0 fully saturated rings. The monoisotopic (exact) mass is 147 g/mol. The van der Waals surface area contributed by atoms with Crippen molar-refractivity contribution in [1.29, 1.82) is 0 Å². The van der Waals surface area contributed by atoms with Gasteiger partial charge < -0.3 is 5.73 Å². The summed E-state index contributed by atoms with van der Waals surface area (Å²) >= 11 is 6.21. The van der Waals surface area contributed by atoms with Crippen LogP contribution in [-0.2, 0) is 0 Å². The predicted molar refractivity (Wildman–Crippen MR) is 39.6 cm³/mol. The SMILES string of the molecule is NC(=S)N1CSC=N1. The Morgan fingerprint density at radius 1 is 2.00 bits per heavy atom. The molecular formula is C3H5N3S2. The zero-order valence-corrected chi connectivity index (χ0v) is 5.71. The van der Waals surface area contributed by atoms with E-state index in [4.69, 9.17) is 5.73 Å². The van der Waals surface area contributed by atoms with Crippen LogP contribution in [-0.4, -0.2) is 21.5 Å². The van der Waals surface area contributed by atoms with Crippen LogP contribution in [0, 0.1) is 0 Å². The molecule has 0 radical (unpaired) electrons. The van der Waals surface area contributed by atoms with Crippen molar-refractivity contribution >= 4 is 34.6 Å². The van der Waals surface area contributed by atoms with Gasteiger partial charge in [0.1, 0.15) is 0 Å². The number of nitrogens with zero attached hydrogens (tertiary/aromatic N) is 2. The van der Waals surface area contributed by atoms with Crippen molar-refractivity contribution < 1.29 is 0 Å². The number of rotatable bonds is 0. The highest BCUT2D eigenvalue weighted by Gasteiger charge is 2.06. The quantitative estimate of drug-likeness (QED) is 0.496. The maximum absolute atomic E-state index is 5.23. The molecule has 1 heterocycles. The average Bonchev–Trinajstić information content (AvgIpc) is 2.12. The molecule has 8 heavy (non-hydrogen) atoms. The summed E-state index contributed by atoms with van der Waals surface area (Å²) in [5.41, 5.74) is 6.95. The van der Waals surface area contributed by atoms with Gasteiger partial charge in [-0.25, -0.2) is 5.01 Å². The molecule has 0 unspecified atom stereocenters. The van der Waals surface area contributed by atoms with Gasteiger partial charge in [-0.15, -0.1) is 0 Å². The lowest BCUT2D eigenvalue weighted by Gasteiger charge is -2.07. The van der Waals surface area contributed by atoms with Crippen LogP contribution in [0.1, 0.15) is 0 Å². The third-order valence-electron chi connectivity index (χ3n) is 0.712. The zero-order valence-electron chi connectivity index (χ0n) is 4.07. The molecule has 5 heteroatoms. The molecule has 3 nitrogen and oxygen atoms in total. The van der Waals surface area contributed by atoms with Crippen LogP contribution >= 0.6 is 24.0 Å². The molecule has 0 spiro atoms. The lowest BCUT2D eigenvalue weighted by atomic mass is 11.0. The average molecular weight is 147 g/mol. The van der Waals surface area contributed by atoms with Crippen LogP contribution in [0.4, 0.5) is 0 Å². The molecule has 44 valence electrons. The Balaban J connectivity index is 2.48. The van der Waals surface area contributed by atoms with Gasteiger partial charge in [0, 0.05) is 0 Å². The Morgan fingerprint density at radius 3 is 3.00 bits per heavy atom. The molecule has 0 atom stereocenters. The standard InChI is InChI=1S/C3H5N3S2/c4-3(7)6-2-8-1-5-6/h1H,2H2,(H2,4,7). The first-order valence-corrected chi connectivity index (χ1v) is 3.47. The number of thiocarbonyl (C=S) groups is 1. The molecule has 0 amide bonds. The van der Waals surface area contributed by atoms with E-state index in [0.29, 0.717) is 5.11 Å². The first-order chi connectivity index (χ1) is 3.80. The molecular weight excluding hydrogens is 142 g/mol. The van der Waals surface area contributed by atoms with Gasteiger partial charge in [-0.05, 0) is 12.2 Å². The molecule has 0 saturated carbocycles. The number of hydrogen-bond donors (Lipinski definition) is 1. The minimum absolute atomic E-state index is 0.339. The number of nitrogens with two attached hydrogens (primary N) is 1. The van der Waals surface area contributed by atoms with Crippen LogP contribution in [0.3, 0.4) is 0 Å². The van der Waals surface area contributed by atoms with Crippen molar-refractivity contribution in [2.75, 3.05) is 5.88 Å². The lowest BCUT2D eigenvalue weighted by Crippen LogP contribution is -2.28. The highest BCUT2D eigenvalue weighted by molar-refractivity contribution is 8.12.